The van der Waals surface area contributed by atoms with Gasteiger partial charge in [-0.2, -0.15) is 5.10 Å². The Morgan fingerprint density at radius 3 is 2.44 bits per heavy atom. The zero-order valence-electron chi connectivity index (χ0n) is 23.8. The van der Waals surface area contributed by atoms with Gasteiger partial charge in [0.15, 0.2) is 0 Å². The van der Waals surface area contributed by atoms with E-state index in [0.29, 0.717) is 32.1 Å². The van der Waals surface area contributed by atoms with Crippen molar-refractivity contribution in [3.8, 4) is 5.69 Å². The van der Waals surface area contributed by atoms with Gasteiger partial charge in [-0.3, -0.25) is 14.5 Å². The van der Waals surface area contributed by atoms with Gasteiger partial charge in [-0.25, -0.2) is 4.68 Å². The number of fused-ring (bicyclic) bond motifs is 1. The van der Waals surface area contributed by atoms with Crippen molar-refractivity contribution in [3.05, 3.63) is 76.0 Å². The quantitative estimate of drug-likeness (QED) is 0.454. The van der Waals surface area contributed by atoms with Crippen LogP contribution in [0.2, 0.25) is 0 Å². The van der Waals surface area contributed by atoms with Crippen molar-refractivity contribution in [2.45, 2.75) is 52.2 Å². The predicted molar refractivity (Wildman–Crippen MR) is 157 cm³/mol. The first-order valence-electron chi connectivity index (χ1n) is 13.6. The molecule has 1 atom stereocenters. The van der Waals surface area contributed by atoms with Crippen LogP contribution in [0, 0.1) is 20.8 Å². The summed E-state index contributed by atoms with van der Waals surface area (Å²) >= 11 is 1.62. The molecule has 3 aromatic rings. The molecule has 2 aliphatic heterocycles. The van der Waals surface area contributed by atoms with E-state index in [2.05, 4.69) is 77.9 Å². The average molecular weight is 547 g/mol. The Balaban J connectivity index is 1.76. The lowest BCUT2D eigenvalue weighted by Gasteiger charge is -2.30. The van der Waals surface area contributed by atoms with E-state index < -0.39 is 0 Å². The van der Waals surface area contributed by atoms with Gasteiger partial charge in [0, 0.05) is 24.1 Å². The normalized spacial score (nSPS) is 18.2. The minimum Gasteiger partial charge on any atom is -0.378 e. The Bertz CT molecular complexity index is 1400. The van der Waals surface area contributed by atoms with Gasteiger partial charge in [-0.05, 0) is 43.5 Å². The zero-order valence-corrected chi connectivity index (χ0v) is 24.6. The van der Waals surface area contributed by atoms with Crippen molar-refractivity contribution >= 4 is 29.4 Å². The molecule has 2 aromatic carbocycles. The molecule has 3 heterocycles. The molecule has 7 nitrogen and oxygen atoms in total. The molecule has 0 spiro atoms. The Morgan fingerprint density at radius 1 is 1.05 bits per heavy atom. The molecule has 39 heavy (non-hydrogen) atoms. The number of benzene rings is 2. The number of amides is 2. The lowest BCUT2D eigenvalue weighted by atomic mass is 9.86. The summed E-state index contributed by atoms with van der Waals surface area (Å²) in [5, 5.41) is 5.14. The first-order chi connectivity index (χ1) is 18.6. The number of rotatable bonds is 4. The molecule has 0 bridgehead atoms. The molecule has 0 N–H and O–H groups in total. The van der Waals surface area contributed by atoms with Gasteiger partial charge < -0.3 is 9.64 Å². The third-order valence-electron chi connectivity index (χ3n) is 7.51. The summed E-state index contributed by atoms with van der Waals surface area (Å²) in [6.07, 6.45) is 0. The first kappa shape index (κ1) is 27.5. The molecule has 0 radical (unpaired) electrons. The van der Waals surface area contributed by atoms with Crippen molar-refractivity contribution in [3.63, 3.8) is 0 Å². The van der Waals surface area contributed by atoms with E-state index in [1.807, 2.05) is 10.7 Å². The van der Waals surface area contributed by atoms with Crippen molar-refractivity contribution in [1.29, 1.82) is 0 Å². The summed E-state index contributed by atoms with van der Waals surface area (Å²) in [6.45, 7) is 14.9. The van der Waals surface area contributed by atoms with Crippen LogP contribution in [0.4, 0.5) is 5.82 Å². The van der Waals surface area contributed by atoms with Crippen molar-refractivity contribution in [2.24, 2.45) is 0 Å². The monoisotopic (exact) mass is 546 g/mol. The van der Waals surface area contributed by atoms with Crippen molar-refractivity contribution < 1.29 is 14.3 Å². The highest BCUT2D eigenvalue weighted by molar-refractivity contribution is 8.00. The average Bonchev–Trinajstić information content (AvgIpc) is 3.23. The van der Waals surface area contributed by atoms with Crippen molar-refractivity contribution in [2.75, 3.05) is 43.5 Å². The number of hydrogen-bond acceptors (Lipinski definition) is 5. The molecule has 206 valence electrons. The number of morpholine rings is 1. The molecule has 1 fully saturated rings. The number of hydrogen-bond donors (Lipinski definition) is 0. The number of ether oxygens (including phenoxy) is 1. The number of carbonyl (C=O) groups is 2. The molecule has 2 aliphatic rings. The van der Waals surface area contributed by atoms with E-state index in [4.69, 9.17) is 9.84 Å². The van der Waals surface area contributed by atoms with Crippen LogP contribution in [0.25, 0.3) is 5.69 Å². The fourth-order valence-electron chi connectivity index (χ4n) is 5.46. The molecular formula is C31H38N4O3S. The van der Waals surface area contributed by atoms with Gasteiger partial charge in [0.25, 0.3) is 0 Å². The molecule has 0 saturated carbocycles. The number of nitrogens with zero attached hydrogens (tertiary/aromatic N) is 4. The Hall–Kier alpha value is -3.10. The van der Waals surface area contributed by atoms with Crippen LogP contribution in [0.15, 0.2) is 42.5 Å². The molecule has 0 unspecified atom stereocenters. The van der Waals surface area contributed by atoms with E-state index in [9.17, 15) is 9.59 Å². The molecule has 0 aliphatic carbocycles. The maximum Gasteiger partial charge on any atom is 0.242 e. The minimum absolute atomic E-state index is 0.0208. The molecule has 1 aromatic heterocycles. The second-order valence-corrected chi connectivity index (χ2v) is 12.7. The fourth-order valence-corrected chi connectivity index (χ4v) is 6.75. The SMILES string of the molecule is Cc1ccc(-n2nc(C(C)(C)C)c3c2N(CC(=O)N2CCOCC2)C(=O)CS[C@H]3c2ccccc2C)c(C)c1. The minimum atomic E-state index is -0.289. The van der Waals surface area contributed by atoms with E-state index in [1.54, 1.807) is 21.6 Å². The summed E-state index contributed by atoms with van der Waals surface area (Å²) in [6, 6.07) is 14.6. The fraction of sp³-hybridized carbons (Fsp3) is 0.452. The van der Waals surface area contributed by atoms with Crippen LogP contribution in [0.3, 0.4) is 0 Å². The summed E-state index contributed by atoms with van der Waals surface area (Å²) in [5.41, 5.74) is 7.15. The number of aryl methyl sites for hydroxylation is 3. The highest BCUT2D eigenvalue weighted by atomic mass is 32.2. The Labute approximate surface area is 235 Å². The number of thioether (sulfide) groups is 1. The van der Waals surface area contributed by atoms with Crippen LogP contribution >= 0.6 is 11.8 Å². The van der Waals surface area contributed by atoms with Gasteiger partial charge in [-0.15, -0.1) is 11.8 Å². The maximum absolute atomic E-state index is 13.9. The molecule has 1 saturated heterocycles. The maximum atomic E-state index is 13.9. The van der Waals surface area contributed by atoms with Gasteiger partial charge in [0.05, 0.1) is 35.6 Å². The van der Waals surface area contributed by atoms with Crippen LogP contribution in [-0.2, 0) is 19.7 Å². The van der Waals surface area contributed by atoms with Crippen LogP contribution in [0.5, 0.6) is 0 Å². The van der Waals surface area contributed by atoms with E-state index in [-0.39, 0.29) is 34.8 Å². The Kier molecular flexibility index (Phi) is 7.62. The van der Waals surface area contributed by atoms with Gasteiger partial charge in [0.2, 0.25) is 11.8 Å². The van der Waals surface area contributed by atoms with E-state index >= 15 is 0 Å². The lowest BCUT2D eigenvalue weighted by molar-refractivity contribution is -0.134. The van der Waals surface area contributed by atoms with Gasteiger partial charge >= 0.3 is 0 Å². The standard InChI is InChI=1S/C31H38N4O3S/c1-20-11-12-24(22(3)17-20)35-30-27(29(32-35)31(4,5)6)28(23-10-8-7-9-21(23)2)39-19-26(37)34(30)18-25(36)33-13-15-38-16-14-33/h7-12,17,28H,13-16,18-19H2,1-6H3/t28-/m0/s1. The molecular weight excluding hydrogens is 508 g/mol. The Morgan fingerprint density at radius 2 is 1.77 bits per heavy atom. The number of anilines is 1. The topological polar surface area (TPSA) is 67.7 Å². The number of carbonyl (C=O) groups excluding carboxylic acids is 2. The highest BCUT2D eigenvalue weighted by Crippen LogP contribution is 2.49. The summed E-state index contributed by atoms with van der Waals surface area (Å²) in [7, 11) is 0. The van der Waals surface area contributed by atoms with Crippen LogP contribution in [-0.4, -0.2) is 65.1 Å². The smallest absolute Gasteiger partial charge is 0.242 e. The van der Waals surface area contributed by atoms with Gasteiger partial charge in [0.1, 0.15) is 12.4 Å². The zero-order chi connectivity index (χ0) is 27.9. The highest BCUT2D eigenvalue weighted by Gasteiger charge is 2.40. The second-order valence-electron chi connectivity index (χ2n) is 11.6. The molecule has 2 amide bonds. The van der Waals surface area contributed by atoms with E-state index in [0.717, 1.165) is 28.1 Å². The third-order valence-corrected chi connectivity index (χ3v) is 8.74. The largest absolute Gasteiger partial charge is 0.378 e. The summed E-state index contributed by atoms with van der Waals surface area (Å²) < 4.78 is 7.38. The van der Waals surface area contributed by atoms with Crippen LogP contribution in [0.1, 0.15) is 59.5 Å². The first-order valence-corrected chi connectivity index (χ1v) is 14.6. The van der Waals surface area contributed by atoms with Crippen molar-refractivity contribution in [1.82, 2.24) is 14.7 Å². The molecule has 8 heteroatoms. The van der Waals surface area contributed by atoms with Gasteiger partial charge in [-0.1, -0.05) is 62.7 Å². The summed E-state index contributed by atoms with van der Waals surface area (Å²) in [5.74, 6) is 0.838. The number of aromatic nitrogens is 2. The molecule has 5 rings (SSSR count). The van der Waals surface area contributed by atoms with Crippen LogP contribution < -0.4 is 4.90 Å². The third kappa shape index (κ3) is 5.37. The van der Waals surface area contributed by atoms with E-state index in [1.165, 1.54) is 11.1 Å². The second kappa shape index (κ2) is 10.8. The lowest BCUT2D eigenvalue weighted by Crippen LogP contribution is -2.48. The summed E-state index contributed by atoms with van der Waals surface area (Å²) in [4.78, 5) is 30.9. The predicted octanol–water partition coefficient (Wildman–Crippen LogP) is 5.12.